The highest BCUT2D eigenvalue weighted by molar-refractivity contribution is 9.10. The third-order valence-electron chi connectivity index (χ3n) is 4.00. The molecule has 0 fully saturated rings. The zero-order chi connectivity index (χ0) is 17.1. The van der Waals surface area contributed by atoms with Gasteiger partial charge in [-0.1, -0.05) is 6.07 Å². The summed E-state index contributed by atoms with van der Waals surface area (Å²) in [7, 11) is 0. The first-order valence-electron chi connectivity index (χ1n) is 8.02. The minimum absolute atomic E-state index is 0.0352. The van der Waals surface area contributed by atoms with Crippen LogP contribution in [0.3, 0.4) is 0 Å². The lowest BCUT2D eigenvalue weighted by molar-refractivity contribution is -0.121. The van der Waals surface area contributed by atoms with Gasteiger partial charge in [0, 0.05) is 4.47 Å². The molecule has 1 aliphatic heterocycles. The predicted molar refractivity (Wildman–Crippen MR) is 97.8 cm³/mol. The van der Waals surface area contributed by atoms with Crippen LogP contribution in [-0.2, 0) is 11.2 Å². The van der Waals surface area contributed by atoms with E-state index in [0.29, 0.717) is 19.6 Å². The van der Waals surface area contributed by atoms with Gasteiger partial charge in [0.1, 0.15) is 18.1 Å². The average molecular weight is 390 g/mol. The number of rotatable bonds is 4. The molecule has 1 heterocycles. The molecule has 0 aromatic heterocycles. The van der Waals surface area contributed by atoms with Crippen LogP contribution in [0.25, 0.3) is 0 Å². The molecule has 3 rings (SSSR count). The molecule has 1 amide bonds. The molecule has 1 atom stereocenters. The molecule has 0 saturated carbocycles. The largest absolute Gasteiger partial charge is 0.494 e. The highest BCUT2D eigenvalue weighted by Crippen LogP contribution is 2.32. The molecule has 4 nitrogen and oxygen atoms in total. The number of nitrogens with one attached hydrogen (secondary N) is 1. The van der Waals surface area contributed by atoms with Crippen molar-refractivity contribution < 1.29 is 14.3 Å². The Morgan fingerprint density at radius 2 is 2.17 bits per heavy atom. The van der Waals surface area contributed by atoms with Crippen molar-refractivity contribution in [3.63, 3.8) is 0 Å². The van der Waals surface area contributed by atoms with E-state index in [0.717, 1.165) is 32.8 Å². The topological polar surface area (TPSA) is 47.6 Å². The van der Waals surface area contributed by atoms with E-state index in [1.165, 1.54) is 0 Å². The first-order valence-corrected chi connectivity index (χ1v) is 8.81. The monoisotopic (exact) mass is 389 g/mol. The van der Waals surface area contributed by atoms with Gasteiger partial charge in [0.05, 0.1) is 18.2 Å². The Labute approximate surface area is 150 Å². The lowest BCUT2D eigenvalue weighted by atomic mass is 9.95. The van der Waals surface area contributed by atoms with Crippen molar-refractivity contribution in [2.45, 2.75) is 20.3 Å². The summed E-state index contributed by atoms with van der Waals surface area (Å²) in [5.41, 5.74) is 2.92. The highest BCUT2D eigenvalue weighted by Gasteiger charge is 2.26. The first-order chi connectivity index (χ1) is 11.6. The summed E-state index contributed by atoms with van der Waals surface area (Å²) in [6.45, 7) is 4.96. The minimum Gasteiger partial charge on any atom is -0.494 e. The third-order valence-corrected chi connectivity index (χ3v) is 4.66. The van der Waals surface area contributed by atoms with Gasteiger partial charge in [-0.25, -0.2) is 0 Å². The second-order valence-electron chi connectivity index (χ2n) is 5.89. The summed E-state index contributed by atoms with van der Waals surface area (Å²) in [6.07, 6.45) is 0.644. The first kappa shape index (κ1) is 16.8. The average Bonchev–Trinajstić information content (AvgIpc) is 2.57. The summed E-state index contributed by atoms with van der Waals surface area (Å²) in [4.78, 5) is 12.6. The van der Waals surface area contributed by atoms with Crippen LogP contribution in [0.2, 0.25) is 0 Å². The van der Waals surface area contributed by atoms with Crippen molar-refractivity contribution in [1.29, 1.82) is 0 Å². The van der Waals surface area contributed by atoms with Gasteiger partial charge in [-0.3, -0.25) is 4.79 Å². The second kappa shape index (κ2) is 7.26. The van der Waals surface area contributed by atoms with E-state index in [1.54, 1.807) is 0 Å². The molecule has 1 unspecified atom stereocenters. The van der Waals surface area contributed by atoms with Gasteiger partial charge in [-0.05, 0) is 77.7 Å². The fraction of sp³-hybridized carbons (Fsp3) is 0.316. The number of aryl methyl sites for hydroxylation is 1. The van der Waals surface area contributed by atoms with E-state index in [1.807, 2.05) is 50.2 Å². The molecular weight excluding hydrogens is 370 g/mol. The van der Waals surface area contributed by atoms with E-state index in [9.17, 15) is 4.79 Å². The normalized spacial score (nSPS) is 16.0. The van der Waals surface area contributed by atoms with Crippen LogP contribution >= 0.6 is 15.9 Å². The lowest BCUT2D eigenvalue weighted by Gasteiger charge is -2.25. The molecule has 24 heavy (non-hydrogen) atoms. The molecule has 0 saturated heterocycles. The van der Waals surface area contributed by atoms with E-state index >= 15 is 0 Å². The van der Waals surface area contributed by atoms with Crippen molar-refractivity contribution in [2.24, 2.45) is 5.92 Å². The minimum atomic E-state index is -0.220. The number of benzene rings is 2. The molecule has 2 aromatic rings. The number of halogens is 1. The molecule has 0 spiro atoms. The van der Waals surface area contributed by atoms with Gasteiger partial charge in [0.2, 0.25) is 5.91 Å². The number of amides is 1. The van der Waals surface area contributed by atoms with Gasteiger partial charge >= 0.3 is 0 Å². The van der Waals surface area contributed by atoms with E-state index < -0.39 is 0 Å². The van der Waals surface area contributed by atoms with Crippen LogP contribution in [0.5, 0.6) is 11.5 Å². The number of fused-ring (bicyclic) bond motifs is 1. The van der Waals surface area contributed by atoms with Crippen LogP contribution in [0.15, 0.2) is 40.9 Å². The molecule has 0 aliphatic carbocycles. The molecule has 126 valence electrons. The summed E-state index contributed by atoms with van der Waals surface area (Å²) in [5.74, 6) is 1.39. The SMILES string of the molecule is CCOc1ccc2c(c1)CC(C(=O)Nc1ccc(C)cc1Br)CO2. The fourth-order valence-corrected chi connectivity index (χ4v) is 3.34. The Bertz CT molecular complexity index is 760. The van der Waals surface area contributed by atoms with Gasteiger partial charge in [0.15, 0.2) is 0 Å². The number of ether oxygens (including phenoxy) is 2. The number of carbonyl (C=O) groups is 1. The third kappa shape index (κ3) is 3.73. The van der Waals surface area contributed by atoms with Crippen molar-refractivity contribution in [2.75, 3.05) is 18.5 Å². The maximum atomic E-state index is 12.6. The Hall–Kier alpha value is -2.01. The van der Waals surface area contributed by atoms with Crippen molar-refractivity contribution >= 4 is 27.5 Å². The van der Waals surface area contributed by atoms with E-state index in [4.69, 9.17) is 9.47 Å². The summed E-state index contributed by atoms with van der Waals surface area (Å²) in [6, 6.07) is 11.6. The number of hydrogen-bond acceptors (Lipinski definition) is 3. The summed E-state index contributed by atoms with van der Waals surface area (Å²) < 4.78 is 12.2. The Kier molecular flexibility index (Phi) is 5.09. The zero-order valence-electron chi connectivity index (χ0n) is 13.8. The Balaban J connectivity index is 1.72. The highest BCUT2D eigenvalue weighted by atomic mass is 79.9. The molecule has 0 radical (unpaired) electrons. The van der Waals surface area contributed by atoms with Gasteiger partial charge in [-0.15, -0.1) is 0 Å². The number of carbonyl (C=O) groups excluding carboxylic acids is 1. The van der Waals surface area contributed by atoms with Crippen molar-refractivity contribution in [1.82, 2.24) is 0 Å². The van der Waals surface area contributed by atoms with Crippen molar-refractivity contribution in [3.05, 3.63) is 52.0 Å². The molecule has 1 aliphatic rings. The van der Waals surface area contributed by atoms with Crippen LogP contribution in [-0.4, -0.2) is 19.1 Å². The number of hydrogen-bond donors (Lipinski definition) is 1. The molecule has 0 bridgehead atoms. The zero-order valence-corrected chi connectivity index (χ0v) is 15.4. The van der Waals surface area contributed by atoms with E-state index in [-0.39, 0.29) is 11.8 Å². The summed E-state index contributed by atoms with van der Waals surface area (Å²) in [5, 5.41) is 2.98. The smallest absolute Gasteiger partial charge is 0.231 e. The van der Waals surface area contributed by atoms with Crippen LogP contribution < -0.4 is 14.8 Å². The van der Waals surface area contributed by atoms with Crippen LogP contribution in [0.4, 0.5) is 5.69 Å². The number of anilines is 1. The molecular formula is C19H20BrNO3. The Morgan fingerprint density at radius 3 is 2.92 bits per heavy atom. The lowest BCUT2D eigenvalue weighted by Crippen LogP contribution is -2.32. The maximum Gasteiger partial charge on any atom is 0.231 e. The van der Waals surface area contributed by atoms with Gasteiger partial charge in [0.25, 0.3) is 0 Å². The second-order valence-corrected chi connectivity index (χ2v) is 6.74. The maximum absolute atomic E-state index is 12.6. The van der Waals surface area contributed by atoms with Gasteiger partial charge < -0.3 is 14.8 Å². The van der Waals surface area contributed by atoms with E-state index in [2.05, 4.69) is 21.2 Å². The van der Waals surface area contributed by atoms with Crippen LogP contribution in [0, 0.1) is 12.8 Å². The standard InChI is InChI=1S/C19H20BrNO3/c1-3-23-15-5-7-18-13(10-15)9-14(11-24-18)19(22)21-17-6-4-12(2)8-16(17)20/h4-8,10,14H,3,9,11H2,1-2H3,(H,21,22). The molecule has 2 aromatic carbocycles. The fourth-order valence-electron chi connectivity index (χ4n) is 2.75. The quantitative estimate of drug-likeness (QED) is 0.845. The van der Waals surface area contributed by atoms with Crippen molar-refractivity contribution in [3.8, 4) is 11.5 Å². The molecule has 1 N–H and O–H groups in total. The van der Waals surface area contributed by atoms with Crippen LogP contribution in [0.1, 0.15) is 18.1 Å². The predicted octanol–water partition coefficient (Wildman–Crippen LogP) is 4.35. The summed E-state index contributed by atoms with van der Waals surface area (Å²) >= 11 is 3.49. The Morgan fingerprint density at radius 1 is 1.33 bits per heavy atom. The molecule has 5 heteroatoms. The van der Waals surface area contributed by atoms with Gasteiger partial charge in [-0.2, -0.15) is 0 Å².